The molecule has 4 N–H and O–H groups in total. The number of urea groups is 1. The highest BCUT2D eigenvalue weighted by Gasteiger charge is 2.31. The summed E-state index contributed by atoms with van der Waals surface area (Å²) in [6, 6.07) is 0.874. The molecule has 1 atom stereocenters. The van der Waals surface area contributed by atoms with Gasteiger partial charge in [-0.15, -0.1) is 0 Å². The second kappa shape index (κ2) is 7.47. The first kappa shape index (κ1) is 17.8. The van der Waals surface area contributed by atoms with Crippen LogP contribution in [0.15, 0.2) is 34.3 Å². The highest BCUT2D eigenvalue weighted by molar-refractivity contribution is 5.98. The van der Waals surface area contributed by atoms with Gasteiger partial charge in [0, 0.05) is 23.5 Å². The smallest absolute Gasteiger partial charge is 0.319 e. The molecule has 0 fully saturated rings. The average molecular weight is 357 g/mol. The lowest BCUT2D eigenvalue weighted by atomic mass is 9.97. The summed E-state index contributed by atoms with van der Waals surface area (Å²) in [5, 5.41) is 15.5. The van der Waals surface area contributed by atoms with Gasteiger partial charge in [-0.05, 0) is 45.2 Å². The van der Waals surface area contributed by atoms with Gasteiger partial charge < -0.3 is 20.4 Å². The molecule has 2 aromatic rings. The van der Waals surface area contributed by atoms with Gasteiger partial charge in [-0.3, -0.25) is 9.89 Å². The highest BCUT2D eigenvalue weighted by Crippen LogP contribution is 2.26. The first-order valence-electron chi connectivity index (χ1n) is 8.56. The van der Waals surface area contributed by atoms with Crippen molar-refractivity contribution in [2.24, 2.45) is 0 Å². The van der Waals surface area contributed by atoms with Crippen molar-refractivity contribution in [1.29, 1.82) is 0 Å². The van der Waals surface area contributed by atoms with E-state index in [-0.39, 0.29) is 11.9 Å². The molecule has 3 rings (SSSR count). The molecule has 0 saturated heterocycles. The van der Waals surface area contributed by atoms with Crippen LogP contribution in [-0.4, -0.2) is 28.7 Å². The molecular weight excluding hydrogens is 334 g/mol. The number of nitrogens with one attached hydrogen (secondary N) is 4. The van der Waals surface area contributed by atoms with E-state index in [1.807, 2.05) is 13.8 Å². The minimum Gasteiger partial charge on any atom is -0.472 e. The molecule has 0 saturated carbocycles. The fraction of sp³-hybridized carbons (Fsp3) is 0.389. The largest absolute Gasteiger partial charge is 0.472 e. The molecule has 1 aliphatic heterocycles. The van der Waals surface area contributed by atoms with Gasteiger partial charge in [0.1, 0.15) is 0 Å². The summed E-state index contributed by atoms with van der Waals surface area (Å²) in [7, 11) is 0. The van der Waals surface area contributed by atoms with Gasteiger partial charge in [0.15, 0.2) is 0 Å². The van der Waals surface area contributed by atoms with Crippen LogP contribution in [0.3, 0.4) is 0 Å². The number of aryl methyl sites for hydroxylation is 2. The molecule has 8 nitrogen and oxygen atoms in total. The molecule has 0 radical (unpaired) electrons. The van der Waals surface area contributed by atoms with E-state index in [1.54, 1.807) is 13.0 Å². The summed E-state index contributed by atoms with van der Waals surface area (Å²) >= 11 is 0. The van der Waals surface area contributed by atoms with E-state index in [1.165, 1.54) is 18.1 Å². The van der Waals surface area contributed by atoms with Crippen molar-refractivity contribution in [3.05, 3.63) is 52.4 Å². The van der Waals surface area contributed by atoms with Gasteiger partial charge in [-0.2, -0.15) is 5.10 Å². The van der Waals surface area contributed by atoms with Crippen LogP contribution in [-0.2, 0) is 11.2 Å². The van der Waals surface area contributed by atoms with Crippen molar-refractivity contribution in [3.63, 3.8) is 0 Å². The first-order chi connectivity index (χ1) is 12.5. The summed E-state index contributed by atoms with van der Waals surface area (Å²) in [6.07, 6.45) is 4.69. The Morgan fingerprint density at radius 2 is 2.15 bits per heavy atom. The third kappa shape index (κ3) is 3.63. The maximum atomic E-state index is 12.7. The van der Waals surface area contributed by atoms with Gasteiger partial charge in [-0.25, -0.2) is 4.79 Å². The zero-order valence-electron chi connectivity index (χ0n) is 15.1. The number of aromatic amines is 1. The molecule has 0 aromatic carbocycles. The molecule has 26 heavy (non-hydrogen) atoms. The number of H-pyrrole nitrogens is 1. The number of carbonyl (C=O) groups excluding carboxylic acids is 2. The first-order valence-corrected chi connectivity index (χ1v) is 8.56. The molecule has 0 bridgehead atoms. The maximum Gasteiger partial charge on any atom is 0.319 e. The van der Waals surface area contributed by atoms with Crippen molar-refractivity contribution < 1.29 is 14.0 Å². The van der Waals surface area contributed by atoms with Crippen molar-refractivity contribution in [2.45, 2.75) is 39.7 Å². The lowest BCUT2D eigenvalue weighted by Gasteiger charge is -2.27. The number of furan rings is 1. The normalized spacial score (nSPS) is 17.0. The maximum absolute atomic E-state index is 12.7. The number of aromatic nitrogens is 2. The molecule has 138 valence electrons. The summed E-state index contributed by atoms with van der Waals surface area (Å²) < 4.78 is 5.09. The number of carbonyl (C=O) groups is 2. The number of rotatable bonds is 6. The second-order valence-corrected chi connectivity index (χ2v) is 6.40. The third-order valence-electron chi connectivity index (χ3n) is 4.56. The average Bonchev–Trinajstić information content (AvgIpc) is 3.22. The zero-order chi connectivity index (χ0) is 18.7. The molecule has 8 heteroatoms. The van der Waals surface area contributed by atoms with Gasteiger partial charge in [0.2, 0.25) is 0 Å². The lowest BCUT2D eigenvalue weighted by molar-refractivity contribution is -0.117. The van der Waals surface area contributed by atoms with Crippen molar-refractivity contribution >= 4 is 11.9 Å². The quantitative estimate of drug-likeness (QED) is 0.592. The van der Waals surface area contributed by atoms with E-state index in [9.17, 15) is 9.59 Å². The fourth-order valence-corrected chi connectivity index (χ4v) is 3.19. The number of nitrogens with zero attached hydrogens (tertiary/aromatic N) is 1. The van der Waals surface area contributed by atoms with Crippen molar-refractivity contribution in [3.8, 4) is 0 Å². The van der Waals surface area contributed by atoms with Crippen LogP contribution in [0.5, 0.6) is 0 Å². The van der Waals surface area contributed by atoms with Crippen LogP contribution in [0, 0.1) is 13.8 Å². The molecule has 1 aliphatic rings. The van der Waals surface area contributed by atoms with E-state index in [0.29, 0.717) is 17.8 Å². The van der Waals surface area contributed by atoms with E-state index >= 15 is 0 Å². The van der Waals surface area contributed by atoms with E-state index < -0.39 is 6.04 Å². The van der Waals surface area contributed by atoms with Crippen molar-refractivity contribution in [2.75, 3.05) is 6.54 Å². The molecule has 1 unspecified atom stereocenters. The van der Waals surface area contributed by atoms with Gasteiger partial charge in [0.25, 0.3) is 5.91 Å². The number of amides is 3. The Hall–Kier alpha value is -3.03. The predicted octanol–water partition coefficient (Wildman–Crippen LogP) is 2.00. The molecule has 3 amide bonds. The topological polar surface area (TPSA) is 112 Å². The van der Waals surface area contributed by atoms with E-state index in [0.717, 1.165) is 29.8 Å². The Morgan fingerprint density at radius 3 is 2.81 bits per heavy atom. The van der Waals surface area contributed by atoms with Crippen LogP contribution in [0.2, 0.25) is 0 Å². The molecular formula is C18H23N5O3. The van der Waals surface area contributed by atoms with Crippen LogP contribution in [0.1, 0.15) is 41.9 Å². The lowest BCUT2D eigenvalue weighted by Crippen LogP contribution is -2.47. The molecule has 0 spiro atoms. The fourth-order valence-electron chi connectivity index (χ4n) is 3.19. The predicted molar refractivity (Wildman–Crippen MR) is 95.2 cm³/mol. The van der Waals surface area contributed by atoms with Crippen LogP contribution in [0.25, 0.3) is 0 Å². The summed E-state index contributed by atoms with van der Waals surface area (Å²) in [5.74, 6) is -0.207. The van der Waals surface area contributed by atoms with Gasteiger partial charge in [0.05, 0.1) is 29.8 Å². The standard InChI is InChI=1S/C18H23N5O3/c1-10-14(11(2)23-22-10)5-4-7-19-17(24)15-12(3)20-18(25)21-16(15)13-6-8-26-9-13/h6,8-9,16H,4-5,7H2,1-3H3,(H,19,24)(H,22,23)(H2,20,21,25). The third-order valence-corrected chi connectivity index (χ3v) is 4.56. The Kier molecular flexibility index (Phi) is 5.11. The van der Waals surface area contributed by atoms with Crippen LogP contribution >= 0.6 is 0 Å². The minimum atomic E-state index is -0.527. The summed E-state index contributed by atoms with van der Waals surface area (Å²) in [4.78, 5) is 24.5. The van der Waals surface area contributed by atoms with E-state index in [4.69, 9.17) is 4.42 Å². The summed E-state index contributed by atoms with van der Waals surface area (Å²) in [6.45, 7) is 6.22. The second-order valence-electron chi connectivity index (χ2n) is 6.40. The number of hydrogen-bond donors (Lipinski definition) is 4. The van der Waals surface area contributed by atoms with Gasteiger partial charge in [-0.1, -0.05) is 0 Å². The van der Waals surface area contributed by atoms with Gasteiger partial charge >= 0.3 is 6.03 Å². The Bertz CT molecular complexity index is 816. The SMILES string of the molecule is CC1=C(C(=O)NCCCc2c(C)n[nH]c2C)C(c2ccoc2)NC(=O)N1. The Morgan fingerprint density at radius 1 is 1.35 bits per heavy atom. The number of allylic oxidation sites excluding steroid dienone is 1. The number of hydrogen-bond acceptors (Lipinski definition) is 4. The highest BCUT2D eigenvalue weighted by atomic mass is 16.3. The van der Waals surface area contributed by atoms with E-state index in [2.05, 4.69) is 26.1 Å². The van der Waals surface area contributed by atoms with Crippen LogP contribution in [0.4, 0.5) is 4.79 Å². The molecule has 0 aliphatic carbocycles. The Labute approximate surface area is 151 Å². The monoisotopic (exact) mass is 357 g/mol. The molecule has 2 aromatic heterocycles. The summed E-state index contributed by atoms with van der Waals surface area (Å²) in [5.41, 5.74) is 5.00. The van der Waals surface area contributed by atoms with Crippen molar-refractivity contribution in [1.82, 2.24) is 26.1 Å². The molecule has 3 heterocycles. The minimum absolute atomic E-state index is 0.207. The zero-order valence-corrected chi connectivity index (χ0v) is 15.1. The van der Waals surface area contributed by atoms with Crippen LogP contribution < -0.4 is 16.0 Å². The Balaban J connectivity index is 1.63.